The lowest BCUT2D eigenvalue weighted by molar-refractivity contribution is 0.574. The Labute approximate surface area is 123 Å². The Kier molecular flexibility index (Phi) is 4.04. The molecule has 0 amide bonds. The third-order valence-corrected chi connectivity index (χ3v) is 3.82. The van der Waals surface area contributed by atoms with Gasteiger partial charge in [-0.25, -0.2) is 8.78 Å². The number of rotatable bonds is 4. The van der Waals surface area contributed by atoms with Crippen LogP contribution < -0.4 is 10.2 Å². The number of hydrogen-bond donors (Lipinski definition) is 1. The lowest BCUT2D eigenvalue weighted by atomic mass is 10.2. The highest BCUT2D eigenvalue weighted by Gasteiger charge is 2.12. The molecule has 1 saturated heterocycles. The van der Waals surface area contributed by atoms with E-state index in [0.29, 0.717) is 12.1 Å². The van der Waals surface area contributed by atoms with E-state index in [1.807, 2.05) is 12.1 Å². The summed E-state index contributed by atoms with van der Waals surface area (Å²) < 4.78 is 26.5. The van der Waals surface area contributed by atoms with Gasteiger partial charge in [-0.1, -0.05) is 12.1 Å². The first kappa shape index (κ1) is 13.9. The first-order chi connectivity index (χ1) is 10.2. The van der Waals surface area contributed by atoms with Crippen molar-refractivity contribution in [1.29, 1.82) is 0 Å². The fourth-order valence-electron chi connectivity index (χ4n) is 2.65. The highest BCUT2D eigenvalue weighted by Crippen LogP contribution is 2.23. The Morgan fingerprint density at radius 1 is 1.00 bits per heavy atom. The molecule has 3 rings (SSSR count). The van der Waals surface area contributed by atoms with E-state index < -0.39 is 11.6 Å². The first-order valence-corrected chi connectivity index (χ1v) is 7.25. The van der Waals surface area contributed by atoms with Crippen LogP contribution in [0.4, 0.5) is 20.2 Å². The minimum absolute atomic E-state index is 0.343. The molecule has 0 saturated carbocycles. The number of hydrogen-bond acceptors (Lipinski definition) is 2. The predicted octanol–water partition coefficient (Wildman–Crippen LogP) is 4.18. The van der Waals surface area contributed by atoms with Crippen LogP contribution in [-0.4, -0.2) is 13.1 Å². The molecule has 110 valence electrons. The largest absolute Gasteiger partial charge is 0.381 e. The van der Waals surface area contributed by atoms with Crippen LogP contribution in [0.15, 0.2) is 42.5 Å². The summed E-state index contributed by atoms with van der Waals surface area (Å²) in [6.45, 7) is 2.53. The number of nitrogens with zero attached hydrogens (tertiary/aromatic N) is 1. The fraction of sp³-hybridized carbons (Fsp3) is 0.294. The van der Waals surface area contributed by atoms with Crippen molar-refractivity contribution in [3.8, 4) is 0 Å². The summed E-state index contributed by atoms with van der Waals surface area (Å²) in [4.78, 5) is 2.35. The molecule has 0 spiro atoms. The summed E-state index contributed by atoms with van der Waals surface area (Å²) in [5.41, 5.74) is 2.60. The van der Waals surface area contributed by atoms with Crippen molar-refractivity contribution in [2.75, 3.05) is 23.3 Å². The molecule has 0 bridgehead atoms. The molecule has 0 unspecified atom stereocenters. The van der Waals surface area contributed by atoms with Crippen molar-refractivity contribution < 1.29 is 8.78 Å². The third-order valence-electron chi connectivity index (χ3n) is 3.82. The molecule has 1 fully saturated rings. The molecule has 0 atom stereocenters. The standard InChI is InChI=1S/C17H18F2N2/c18-14-7-6-13(17(19)10-14)12-20-15-4-3-5-16(11-15)21-8-1-2-9-21/h3-7,10-11,20H,1-2,8-9,12H2. The molecule has 2 nitrogen and oxygen atoms in total. The minimum atomic E-state index is -0.549. The van der Waals surface area contributed by atoms with Gasteiger partial charge < -0.3 is 10.2 Å². The topological polar surface area (TPSA) is 15.3 Å². The van der Waals surface area contributed by atoms with E-state index in [4.69, 9.17) is 0 Å². The van der Waals surface area contributed by atoms with E-state index in [-0.39, 0.29) is 0 Å². The van der Waals surface area contributed by atoms with Crippen molar-refractivity contribution in [2.45, 2.75) is 19.4 Å². The lowest BCUT2D eigenvalue weighted by Crippen LogP contribution is -2.17. The summed E-state index contributed by atoms with van der Waals surface area (Å²) in [5, 5.41) is 3.20. The molecule has 21 heavy (non-hydrogen) atoms. The van der Waals surface area contributed by atoms with E-state index in [0.717, 1.165) is 24.8 Å². The van der Waals surface area contributed by atoms with Crippen LogP contribution in [0.25, 0.3) is 0 Å². The smallest absolute Gasteiger partial charge is 0.131 e. The molecule has 4 heteroatoms. The zero-order valence-electron chi connectivity index (χ0n) is 11.8. The Hall–Kier alpha value is -2.10. The number of nitrogens with one attached hydrogen (secondary N) is 1. The quantitative estimate of drug-likeness (QED) is 0.908. The summed E-state index contributed by atoms with van der Waals surface area (Å²) in [5.74, 6) is -1.06. The summed E-state index contributed by atoms with van der Waals surface area (Å²) >= 11 is 0. The van der Waals surface area contributed by atoms with Crippen molar-refractivity contribution in [3.63, 3.8) is 0 Å². The molecule has 2 aromatic carbocycles. The molecule has 0 aliphatic carbocycles. The van der Waals surface area contributed by atoms with E-state index >= 15 is 0 Å². The van der Waals surface area contributed by atoms with Crippen LogP contribution >= 0.6 is 0 Å². The van der Waals surface area contributed by atoms with Gasteiger partial charge in [0.15, 0.2) is 0 Å². The minimum Gasteiger partial charge on any atom is -0.381 e. The van der Waals surface area contributed by atoms with Gasteiger partial charge in [0.05, 0.1) is 0 Å². The van der Waals surface area contributed by atoms with Gasteiger partial charge in [0.1, 0.15) is 11.6 Å². The average molecular weight is 288 g/mol. The number of benzene rings is 2. The number of anilines is 2. The van der Waals surface area contributed by atoms with Crippen LogP contribution in [0, 0.1) is 11.6 Å². The van der Waals surface area contributed by atoms with Gasteiger partial charge in [0.25, 0.3) is 0 Å². The normalized spacial score (nSPS) is 14.5. The molecule has 1 N–H and O–H groups in total. The average Bonchev–Trinajstić information content (AvgIpc) is 3.01. The van der Waals surface area contributed by atoms with E-state index in [9.17, 15) is 8.78 Å². The van der Waals surface area contributed by atoms with Gasteiger partial charge in [0.2, 0.25) is 0 Å². The van der Waals surface area contributed by atoms with E-state index in [1.54, 1.807) is 0 Å². The zero-order chi connectivity index (χ0) is 14.7. The van der Waals surface area contributed by atoms with Crippen LogP contribution in [-0.2, 0) is 6.54 Å². The van der Waals surface area contributed by atoms with Gasteiger partial charge in [-0.15, -0.1) is 0 Å². The van der Waals surface area contributed by atoms with Crippen molar-refractivity contribution in [1.82, 2.24) is 0 Å². The molecule has 2 aromatic rings. The third kappa shape index (κ3) is 3.32. The highest BCUT2D eigenvalue weighted by molar-refractivity contribution is 5.58. The zero-order valence-corrected chi connectivity index (χ0v) is 11.8. The maximum Gasteiger partial charge on any atom is 0.131 e. The Balaban J connectivity index is 1.68. The second-order valence-electron chi connectivity index (χ2n) is 5.33. The molecule has 1 aliphatic rings. The van der Waals surface area contributed by atoms with Crippen LogP contribution in [0.5, 0.6) is 0 Å². The second-order valence-corrected chi connectivity index (χ2v) is 5.33. The summed E-state index contributed by atoms with van der Waals surface area (Å²) in [7, 11) is 0. The maximum atomic E-state index is 13.6. The predicted molar refractivity (Wildman–Crippen MR) is 81.6 cm³/mol. The maximum absolute atomic E-state index is 13.6. The summed E-state index contributed by atoms with van der Waals surface area (Å²) in [6, 6.07) is 11.8. The molecule has 0 aromatic heterocycles. The molecular formula is C17H18F2N2. The van der Waals surface area contributed by atoms with Gasteiger partial charge in [-0.2, -0.15) is 0 Å². The Morgan fingerprint density at radius 2 is 1.81 bits per heavy atom. The van der Waals surface area contributed by atoms with Crippen LogP contribution in [0.2, 0.25) is 0 Å². The highest BCUT2D eigenvalue weighted by atomic mass is 19.1. The molecule has 1 aliphatic heterocycles. The molecule has 0 radical (unpaired) electrons. The van der Waals surface area contributed by atoms with Crippen LogP contribution in [0.3, 0.4) is 0 Å². The first-order valence-electron chi connectivity index (χ1n) is 7.25. The van der Waals surface area contributed by atoms with Crippen LogP contribution in [0.1, 0.15) is 18.4 Å². The summed E-state index contributed by atoms with van der Waals surface area (Å²) in [6.07, 6.45) is 2.47. The Morgan fingerprint density at radius 3 is 2.57 bits per heavy atom. The SMILES string of the molecule is Fc1ccc(CNc2cccc(N3CCCC3)c2)c(F)c1. The van der Waals surface area contributed by atoms with Gasteiger partial charge in [0, 0.05) is 42.6 Å². The van der Waals surface area contributed by atoms with E-state index in [2.05, 4.69) is 22.3 Å². The number of halogens is 2. The fourth-order valence-corrected chi connectivity index (χ4v) is 2.65. The lowest BCUT2D eigenvalue weighted by Gasteiger charge is -2.18. The monoisotopic (exact) mass is 288 g/mol. The Bertz CT molecular complexity index is 622. The van der Waals surface area contributed by atoms with Crippen molar-refractivity contribution >= 4 is 11.4 Å². The van der Waals surface area contributed by atoms with E-state index in [1.165, 1.54) is 30.7 Å². The molecular weight excluding hydrogens is 270 g/mol. The second kappa shape index (κ2) is 6.12. The van der Waals surface area contributed by atoms with Gasteiger partial charge in [-0.05, 0) is 37.1 Å². The van der Waals surface area contributed by atoms with Crippen molar-refractivity contribution in [2.24, 2.45) is 0 Å². The van der Waals surface area contributed by atoms with Gasteiger partial charge >= 0.3 is 0 Å². The molecule has 1 heterocycles. The van der Waals surface area contributed by atoms with Gasteiger partial charge in [-0.3, -0.25) is 0 Å². The van der Waals surface area contributed by atoms with Crippen molar-refractivity contribution in [3.05, 3.63) is 59.7 Å².